The van der Waals surface area contributed by atoms with Gasteiger partial charge in [-0.15, -0.1) is 11.6 Å². The molecule has 0 radical (unpaired) electrons. The zero-order chi connectivity index (χ0) is 15.7. The highest BCUT2D eigenvalue weighted by atomic mass is 35.5. The molecular formula is C16H24ClNO3. The van der Waals surface area contributed by atoms with Gasteiger partial charge in [0.2, 0.25) is 5.91 Å². The summed E-state index contributed by atoms with van der Waals surface area (Å²) in [6.45, 7) is 4.91. The minimum atomic E-state index is -0.534. The third kappa shape index (κ3) is 6.25. The number of hydrogen-bond acceptors (Lipinski definition) is 3. The first-order valence-electron chi connectivity index (χ1n) is 7.30. The van der Waals surface area contributed by atoms with Gasteiger partial charge >= 0.3 is 0 Å². The van der Waals surface area contributed by atoms with E-state index < -0.39 is 5.38 Å². The Kier molecular flexibility index (Phi) is 7.98. The zero-order valence-corrected chi connectivity index (χ0v) is 13.7. The molecule has 21 heavy (non-hydrogen) atoms. The van der Waals surface area contributed by atoms with Crippen LogP contribution in [-0.2, 0) is 11.3 Å². The van der Waals surface area contributed by atoms with Gasteiger partial charge in [-0.2, -0.15) is 0 Å². The summed E-state index contributed by atoms with van der Waals surface area (Å²) in [5, 5.41) is 2.23. The molecule has 0 saturated heterocycles. The molecule has 1 aromatic rings. The summed E-state index contributed by atoms with van der Waals surface area (Å²) < 4.78 is 11.0. The fourth-order valence-electron chi connectivity index (χ4n) is 1.81. The topological polar surface area (TPSA) is 47.6 Å². The van der Waals surface area contributed by atoms with Crippen LogP contribution in [0.3, 0.4) is 0 Å². The maximum atomic E-state index is 11.4. The number of nitrogens with one attached hydrogen (secondary N) is 1. The number of halogens is 1. The van der Waals surface area contributed by atoms with Crippen molar-refractivity contribution in [2.45, 2.75) is 45.0 Å². The van der Waals surface area contributed by atoms with Crippen LogP contribution in [0.2, 0.25) is 0 Å². The van der Waals surface area contributed by atoms with Crippen molar-refractivity contribution < 1.29 is 14.3 Å². The number of hydrogen-bond donors (Lipinski definition) is 1. The maximum absolute atomic E-state index is 11.4. The second-order valence-electron chi connectivity index (χ2n) is 4.87. The second-order valence-corrected chi connectivity index (χ2v) is 5.53. The Labute approximate surface area is 131 Å². The molecule has 118 valence electrons. The maximum Gasteiger partial charge on any atom is 0.238 e. The molecule has 0 bridgehead atoms. The summed E-state index contributed by atoms with van der Waals surface area (Å²) in [7, 11) is 1.61. The summed E-state index contributed by atoms with van der Waals surface area (Å²) >= 11 is 5.70. The fourth-order valence-corrected chi connectivity index (χ4v) is 1.88. The molecule has 1 unspecified atom stereocenters. The van der Waals surface area contributed by atoms with Crippen LogP contribution in [0.15, 0.2) is 18.2 Å². The van der Waals surface area contributed by atoms with E-state index in [-0.39, 0.29) is 5.91 Å². The SMILES string of the molecule is CCCCCOc1ccc(CNC(=O)C(C)Cl)cc1OC. The molecule has 1 amide bonds. The molecule has 5 heteroatoms. The number of methoxy groups -OCH3 is 1. The van der Waals surface area contributed by atoms with E-state index in [0.717, 1.165) is 30.6 Å². The summed E-state index contributed by atoms with van der Waals surface area (Å²) in [6.07, 6.45) is 3.35. The summed E-state index contributed by atoms with van der Waals surface area (Å²) in [6, 6.07) is 5.65. The summed E-state index contributed by atoms with van der Waals surface area (Å²) in [5.74, 6) is 1.22. The average Bonchev–Trinajstić information content (AvgIpc) is 2.49. The largest absolute Gasteiger partial charge is 0.493 e. The van der Waals surface area contributed by atoms with Gasteiger partial charge in [0.25, 0.3) is 0 Å². The first kappa shape index (κ1) is 17.6. The molecule has 0 fully saturated rings. The van der Waals surface area contributed by atoms with Crippen molar-refractivity contribution in [3.8, 4) is 11.5 Å². The van der Waals surface area contributed by atoms with Gasteiger partial charge in [0.15, 0.2) is 11.5 Å². The van der Waals surface area contributed by atoms with Crippen LogP contribution < -0.4 is 14.8 Å². The third-order valence-corrected chi connectivity index (χ3v) is 3.26. The van der Waals surface area contributed by atoms with E-state index in [4.69, 9.17) is 21.1 Å². The quantitative estimate of drug-likeness (QED) is 0.560. The van der Waals surface area contributed by atoms with Crippen LogP contribution in [0.25, 0.3) is 0 Å². The van der Waals surface area contributed by atoms with Gasteiger partial charge in [0.05, 0.1) is 13.7 Å². The molecule has 0 aliphatic heterocycles. The van der Waals surface area contributed by atoms with E-state index in [1.165, 1.54) is 0 Å². The van der Waals surface area contributed by atoms with E-state index in [1.807, 2.05) is 18.2 Å². The van der Waals surface area contributed by atoms with Gasteiger partial charge in [-0.25, -0.2) is 0 Å². The van der Waals surface area contributed by atoms with Crippen molar-refractivity contribution in [3.63, 3.8) is 0 Å². The molecule has 0 aliphatic rings. The second kappa shape index (κ2) is 9.50. The predicted octanol–water partition coefficient (Wildman–Crippen LogP) is 3.51. The molecule has 0 aliphatic carbocycles. The molecule has 0 aromatic heterocycles. The number of benzene rings is 1. The van der Waals surface area contributed by atoms with Gasteiger partial charge in [0, 0.05) is 6.54 Å². The molecule has 1 rings (SSSR count). The first-order chi connectivity index (χ1) is 10.1. The van der Waals surface area contributed by atoms with Crippen molar-refractivity contribution in [2.75, 3.05) is 13.7 Å². The lowest BCUT2D eigenvalue weighted by Crippen LogP contribution is -2.29. The van der Waals surface area contributed by atoms with E-state index in [2.05, 4.69) is 12.2 Å². The molecule has 0 saturated carbocycles. The fraction of sp³-hybridized carbons (Fsp3) is 0.562. The van der Waals surface area contributed by atoms with Crippen molar-refractivity contribution in [2.24, 2.45) is 0 Å². The number of alkyl halides is 1. The van der Waals surface area contributed by atoms with Gasteiger partial charge in [-0.3, -0.25) is 4.79 Å². The first-order valence-corrected chi connectivity index (χ1v) is 7.73. The van der Waals surface area contributed by atoms with E-state index in [1.54, 1.807) is 14.0 Å². The summed E-state index contributed by atoms with van der Waals surface area (Å²) in [5.41, 5.74) is 0.943. The van der Waals surface area contributed by atoms with Gasteiger partial charge in [0.1, 0.15) is 5.38 Å². The number of unbranched alkanes of at least 4 members (excludes halogenated alkanes) is 2. The molecule has 0 spiro atoms. The molecular weight excluding hydrogens is 290 g/mol. The van der Waals surface area contributed by atoms with Crippen molar-refractivity contribution in [3.05, 3.63) is 23.8 Å². The van der Waals surface area contributed by atoms with Crippen LogP contribution in [0.1, 0.15) is 38.7 Å². The van der Waals surface area contributed by atoms with Gasteiger partial charge in [-0.1, -0.05) is 25.8 Å². The highest BCUT2D eigenvalue weighted by Gasteiger charge is 2.10. The highest BCUT2D eigenvalue weighted by molar-refractivity contribution is 6.30. The molecule has 1 atom stereocenters. The van der Waals surface area contributed by atoms with Gasteiger partial charge in [-0.05, 0) is 31.0 Å². The Balaban J connectivity index is 2.59. The van der Waals surface area contributed by atoms with Crippen molar-refractivity contribution in [1.29, 1.82) is 0 Å². The number of amides is 1. The van der Waals surface area contributed by atoms with Crippen LogP contribution >= 0.6 is 11.6 Å². The normalized spacial score (nSPS) is 11.8. The highest BCUT2D eigenvalue weighted by Crippen LogP contribution is 2.28. The number of carbonyl (C=O) groups excluding carboxylic acids is 1. The van der Waals surface area contributed by atoms with E-state index in [9.17, 15) is 4.79 Å². The predicted molar refractivity (Wildman–Crippen MR) is 85.2 cm³/mol. The lowest BCUT2D eigenvalue weighted by molar-refractivity contribution is -0.120. The Morgan fingerprint density at radius 2 is 2.10 bits per heavy atom. The lowest BCUT2D eigenvalue weighted by atomic mass is 10.2. The van der Waals surface area contributed by atoms with Crippen LogP contribution in [0.4, 0.5) is 0 Å². The van der Waals surface area contributed by atoms with E-state index in [0.29, 0.717) is 18.9 Å². The van der Waals surface area contributed by atoms with Crippen molar-refractivity contribution in [1.82, 2.24) is 5.32 Å². The Bertz CT molecular complexity index is 449. The molecule has 1 aromatic carbocycles. The van der Waals surface area contributed by atoms with E-state index >= 15 is 0 Å². The van der Waals surface area contributed by atoms with Crippen LogP contribution in [-0.4, -0.2) is 25.0 Å². The summed E-state index contributed by atoms with van der Waals surface area (Å²) in [4.78, 5) is 11.4. The molecule has 1 N–H and O–H groups in total. The standard InChI is InChI=1S/C16H24ClNO3/c1-4-5-6-9-21-14-8-7-13(10-15(14)20-3)11-18-16(19)12(2)17/h7-8,10,12H,4-6,9,11H2,1-3H3,(H,18,19). The number of rotatable bonds is 9. The minimum Gasteiger partial charge on any atom is -0.493 e. The molecule has 0 heterocycles. The number of ether oxygens (including phenoxy) is 2. The average molecular weight is 314 g/mol. The number of carbonyl (C=O) groups is 1. The Hall–Kier alpha value is -1.42. The van der Waals surface area contributed by atoms with Crippen LogP contribution in [0, 0.1) is 0 Å². The van der Waals surface area contributed by atoms with Crippen LogP contribution in [0.5, 0.6) is 11.5 Å². The minimum absolute atomic E-state index is 0.185. The third-order valence-electron chi connectivity index (χ3n) is 3.06. The monoisotopic (exact) mass is 313 g/mol. The van der Waals surface area contributed by atoms with Gasteiger partial charge < -0.3 is 14.8 Å². The Morgan fingerprint density at radius 1 is 1.33 bits per heavy atom. The molecule has 4 nitrogen and oxygen atoms in total. The van der Waals surface area contributed by atoms with Crippen molar-refractivity contribution >= 4 is 17.5 Å². The zero-order valence-electron chi connectivity index (χ0n) is 12.9. The smallest absolute Gasteiger partial charge is 0.238 e. The Morgan fingerprint density at radius 3 is 2.71 bits per heavy atom. The lowest BCUT2D eigenvalue weighted by Gasteiger charge is -2.13.